The minimum absolute atomic E-state index is 0.218. The van der Waals surface area contributed by atoms with E-state index in [0.29, 0.717) is 0 Å². The second-order valence-electron chi connectivity index (χ2n) is 3.30. The largest absolute Gasteiger partial charge is 0.481 e. The molecule has 1 N–H and O–H groups in total. The van der Waals surface area contributed by atoms with Crippen LogP contribution in [0.25, 0.3) is 0 Å². The first-order valence-electron chi connectivity index (χ1n) is 4.22. The van der Waals surface area contributed by atoms with Crippen molar-refractivity contribution < 1.29 is 19.4 Å². The molecule has 0 heterocycles. The van der Waals surface area contributed by atoms with Gasteiger partial charge in [0.2, 0.25) is 0 Å². The van der Waals surface area contributed by atoms with E-state index in [4.69, 9.17) is 5.11 Å². The molecule has 0 aromatic carbocycles. The highest BCUT2D eigenvalue weighted by molar-refractivity contribution is 5.75. The van der Waals surface area contributed by atoms with Crippen LogP contribution < -0.4 is 0 Å². The fourth-order valence-corrected chi connectivity index (χ4v) is 1.06. The maximum Gasteiger partial charge on any atom is 0.308 e. The summed E-state index contributed by atoms with van der Waals surface area (Å²) >= 11 is 0. The Kier molecular flexibility index (Phi) is 4.45. The van der Waals surface area contributed by atoms with Crippen molar-refractivity contribution in [1.29, 1.82) is 0 Å². The molecule has 0 aromatic rings. The van der Waals surface area contributed by atoms with Crippen LogP contribution in [-0.4, -0.2) is 24.2 Å². The van der Waals surface area contributed by atoms with Gasteiger partial charge in [-0.1, -0.05) is 20.8 Å². The van der Waals surface area contributed by atoms with Gasteiger partial charge in [0.1, 0.15) is 0 Å². The predicted octanol–water partition coefficient (Wildman–Crippen LogP) is 1.15. The lowest BCUT2D eigenvalue weighted by Crippen LogP contribution is -2.29. The topological polar surface area (TPSA) is 63.6 Å². The van der Waals surface area contributed by atoms with Crippen molar-refractivity contribution in [2.75, 3.05) is 7.11 Å². The second-order valence-corrected chi connectivity index (χ2v) is 3.30. The standard InChI is InChI=1S/C9H16O4/c1-5(6(2)8(10)11)7(3)9(12)13-4/h5-7H,1-4H3,(H,10,11). The molecule has 76 valence electrons. The molecule has 13 heavy (non-hydrogen) atoms. The zero-order valence-corrected chi connectivity index (χ0v) is 8.40. The average Bonchev–Trinajstić information content (AvgIpc) is 2.12. The van der Waals surface area contributed by atoms with Gasteiger partial charge in [-0.05, 0) is 5.92 Å². The molecule has 0 aliphatic rings. The smallest absolute Gasteiger partial charge is 0.308 e. The number of carboxylic acid groups (broad SMARTS) is 1. The number of hydrogen-bond acceptors (Lipinski definition) is 3. The van der Waals surface area contributed by atoms with Crippen molar-refractivity contribution in [3.05, 3.63) is 0 Å². The number of carbonyl (C=O) groups is 2. The van der Waals surface area contributed by atoms with Crippen LogP contribution >= 0.6 is 0 Å². The third-order valence-corrected chi connectivity index (χ3v) is 2.54. The Labute approximate surface area is 77.9 Å². The van der Waals surface area contributed by atoms with Gasteiger partial charge >= 0.3 is 11.9 Å². The van der Waals surface area contributed by atoms with Crippen molar-refractivity contribution >= 4 is 11.9 Å². The Morgan fingerprint density at radius 1 is 1.15 bits per heavy atom. The van der Waals surface area contributed by atoms with E-state index < -0.39 is 11.9 Å². The molecular weight excluding hydrogens is 172 g/mol. The number of rotatable bonds is 4. The van der Waals surface area contributed by atoms with Crippen molar-refractivity contribution in [3.8, 4) is 0 Å². The van der Waals surface area contributed by atoms with Crippen molar-refractivity contribution in [2.24, 2.45) is 17.8 Å². The number of esters is 1. The Morgan fingerprint density at radius 2 is 1.62 bits per heavy atom. The molecule has 0 radical (unpaired) electrons. The van der Waals surface area contributed by atoms with Gasteiger partial charge in [-0.3, -0.25) is 9.59 Å². The van der Waals surface area contributed by atoms with Gasteiger partial charge in [-0.2, -0.15) is 0 Å². The Bertz CT molecular complexity index is 200. The summed E-state index contributed by atoms with van der Waals surface area (Å²) in [6, 6.07) is 0. The highest BCUT2D eigenvalue weighted by Gasteiger charge is 2.29. The lowest BCUT2D eigenvalue weighted by molar-refractivity contribution is -0.150. The van der Waals surface area contributed by atoms with Crippen molar-refractivity contribution in [2.45, 2.75) is 20.8 Å². The molecular formula is C9H16O4. The van der Waals surface area contributed by atoms with Crippen LogP contribution in [0.3, 0.4) is 0 Å². The summed E-state index contributed by atoms with van der Waals surface area (Å²) in [7, 11) is 1.30. The normalized spacial score (nSPS) is 17.2. The number of aliphatic carboxylic acids is 1. The molecule has 0 aromatic heterocycles. The van der Waals surface area contributed by atoms with Crippen LogP contribution in [-0.2, 0) is 14.3 Å². The summed E-state index contributed by atoms with van der Waals surface area (Å²) in [5.41, 5.74) is 0. The molecule has 0 aliphatic heterocycles. The highest BCUT2D eigenvalue weighted by Crippen LogP contribution is 2.21. The lowest BCUT2D eigenvalue weighted by Gasteiger charge is -2.20. The Morgan fingerprint density at radius 3 is 1.92 bits per heavy atom. The van der Waals surface area contributed by atoms with Crippen LogP contribution in [0.15, 0.2) is 0 Å². The maximum absolute atomic E-state index is 11.1. The quantitative estimate of drug-likeness (QED) is 0.672. The molecule has 0 fully saturated rings. The van der Waals surface area contributed by atoms with E-state index in [-0.39, 0.29) is 17.8 Å². The molecule has 0 saturated carbocycles. The van der Waals surface area contributed by atoms with Gasteiger partial charge in [0.25, 0.3) is 0 Å². The van der Waals surface area contributed by atoms with Gasteiger partial charge in [-0.15, -0.1) is 0 Å². The minimum Gasteiger partial charge on any atom is -0.481 e. The highest BCUT2D eigenvalue weighted by atomic mass is 16.5. The van der Waals surface area contributed by atoms with E-state index in [2.05, 4.69) is 4.74 Å². The number of carbonyl (C=O) groups excluding carboxylic acids is 1. The van der Waals surface area contributed by atoms with E-state index in [1.54, 1.807) is 20.8 Å². The summed E-state index contributed by atoms with van der Waals surface area (Å²) < 4.78 is 4.53. The fraction of sp³-hybridized carbons (Fsp3) is 0.778. The Balaban J connectivity index is 4.32. The molecule has 3 unspecified atom stereocenters. The Hall–Kier alpha value is -1.06. The minimum atomic E-state index is -0.886. The summed E-state index contributed by atoms with van der Waals surface area (Å²) in [6.07, 6.45) is 0. The molecule has 0 bridgehead atoms. The van der Waals surface area contributed by atoms with Crippen LogP contribution in [0, 0.1) is 17.8 Å². The molecule has 0 rings (SSSR count). The number of ether oxygens (including phenoxy) is 1. The van der Waals surface area contributed by atoms with E-state index in [9.17, 15) is 9.59 Å². The summed E-state index contributed by atoms with van der Waals surface area (Å²) in [6.45, 7) is 5.00. The molecule has 3 atom stereocenters. The fourth-order valence-electron chi connectivity index (χ4n) is 1.06. The van der Waals surface area contributed by atoms with E-state index in [1.807, 2.05) is 0 Å². The summed E-state index contributed by atoms with van der Waals surface area (Å²) in [5, 5.41) is 8.70. The van der Waals surface area contributed by atoms with Gasteiger partial charge in [0.05, 0.1) is 18.9 Å². The first-order valence-corrected chi connectivity index (χ1v) is 4.22. The molecule has 0 aliphatic carbocycles. The zero-order valence-electron chi connectivity index (χ0n) is 8.40. The molecule has 0 saturated heterocycles. The molecule has 0 amide bonds. The van der Waals surface area contributed by atoms with Gasteiger partial charge < -0.3 is 9.84 Å². The monoisotopic (exact) mass is 188 g/mol. The van der Waals surface area contributed by atoms with Gasteiger partial charge in [-0.25, -0.2) is 0 Å². The number of methoxy groups -OCH3 is 1. The molecule has 4 nitrogen and oxygen atoms in total. The third kappa shape index (κ3) is 3.05. The number of carboxylic acids is 1. The van der Waals surface area contributed by atoms with E-state index in [0.717, 1.165) is 0 Å². The second kappa shape index (κ2) is 4.84. The van der Waals surface area contributed by atoms with E-state index >= 15 is 0 Å². The van der Waals surface area contributed by atoms with Crippen molar-refractivity contribution in [1.82, 2.24) is 0 Å². The molecule has 0 spiro atoms. The lowest BCUT2D eigenvalue weighted by atomic mass is 9.85. The van der Waals surface area contributed by atoms with Crippen LogP contribution in [0.5, 0.6) is 0 Å². The van der Waals surface area contributed by atoms with E-state index in [1.165, 1.54) is 7.11 Å². The van der Waals surface area contributed by atoms with Crippen LogP contribution in [0.2, 0.25) is 0 Å². The van der Waals surface area contributed by atoms with Crippen molar-refractivity contribution in [3.63, 3.8) is 0 Å². The number of hydrogen-bond donors (Lipinski definition) is 1. The summed E-state index contributed by atoms with van der Waals surface area (Å²) in [5.74, 6) is -2.38. The predicted molar refractivity (Wildman–Crippen MR) is 47.1 cm³/mol. The SMILES string of the molecule is COC(=O)C(C)C(C)C(C)C(=O)O. The van der Waals surface area contributed by atoms with Crippen LogP contribution in [0.4, 0.5) is 0 Å². The third-order valence-electron chi connectivity index (χ3n) is 2.54. The first-order chi connectivity index (χ1) is 5.91. The average molecular weight is 188 g/mol. The van der Waals surface area contributed by atoms with Gasteiger partial charge in [0, 0.05) is 0 Å². The maximum atomic E-state index is 11.1. The summed E-state index contributed by atoms with van der Waals surface area (Å²) in [4.78, 5) is 21.7. The van der Waals surface area contributed by atoms with Gasteiger partial charge in [0.15, 0.2) is 0 Å². The zero-order chi connectivity index (χ0) is 10.6. The first kappa shape index (κ1) is 11.9. The van der Waals surface area contributed by atoms with Crippen LogP contribution in [0.1, 0.15) is 20.8 Å². The molecule has 4 heteroatoms.